The fourth-order valence-corrected chi connectivity index (χ4v) is 1.79. The molecular weight excluding hydrogens is 236 g/mol. The molecule has 3 N–H and O–H groups in total. The van der Waals surface area contributed by atoms with E-state index in [1.165, 1.54) is 5.56 Å². The number of nitriles is 1. The first-order valence-electron chi connectivity index (χ1n) is 6.20. The number of pyridine rings is 1. The Morgan fingerprint density at radius 2 is 1.95 bits per heavy atom. The summed E-state index contributed by atoms with van der Waals surface area (Å²) in [6.07, 6.45) is 2.58. The molecule has 0 atom stereocenters. The molecule has 2 aromatic rings. The van der Waals surface area contributed by atoms with Crippen LogP contribution in [0.1, 0.15) is 23.6 Å². The zero-order valence-electron chi connectivity index (χ0n) is 10.9. The van der Waals surface area contributed by atoms with Gasteiger partial charge in [-0.15, -0.1) is 0 Å². The number of benzene rings is 1. The number of hydrogen-bond acceptors (Lipinski definition) is 4. The minimum absolute atomic E-state index is 0.463. The lowest BCUT2D eigenvalue weighted by Gasteiger charge is -2.08. The van der Waals surface area contributed by atoms with Gasteiger partial charge in [-0.25, -0.2) is 4.98 Å². The standard InChI is InChI=1S/C15H16N4/c1-2-11-3-5-12(6-4-11)9-18-15-13(8-16)7-14(17)10-19-15/h3-7,10H,2,9,17H2,1H3,(H,18,19). The maximum Gasteiger partial charge on any atom is 0.144 e. The van der Waals surface area contributed by atoms with Crippen LogP contribution in [0.3, 0.4) is 0 Å². The molecule has 0 amide bonds. The minimum Gasteiger partial charge on any atom is -0.397 e. The highest BCUT2D eigenvalue weighted by Crippen LogP contribution is 2.15. The van der Waals surface area contributed by atoms with Gasteiger partial charge in [0, 0.05) is 6.54 Å². The highest BCUT2D eigenvalue weighted by molar-refractivity contribution is 5.57. The lowest BCUT2D eigenvalue weighted by atomic mass is 10.1. The van der Waals surface area contributed by atoms with E-state index in [4.69, 9.17) is 11.0 Å². The van der Waals surface area contributed by atoms with Gasteiger partial charge < -0.3 is 11.1 Å². The molecule has 96 valence electrons. The van der Waals surface area contributed by atoms with E-state index >= 15 is 0 Å². The summed E-state index contributed by atoms with van der Waals surface area (Å²) in [5.41, 5.74) is 9.02. The molecule has 0 saturated carbocycles. The highest BCUT2D eigenvalue weighted by Gasteiger charge is 2.03. The minimum atomic E-state index is 0.463. The number of rotatable bonds is 4. The van der Waals surface area contributed by atoms with Crippen molar-refractivity contribution in [3.63, 3.8) is 0 Å². The van der Waals surface area contributed by atoms with Crippen LogP contribution in [-0.4, -0.2) is 4.98 Å². The number of nitrogen functional groups attached to an aromatic ring is 1. The van der Waals surface area contributed by atoms with Gasteiger partial charge in [-0.1, -0.05) is 31.2 Å². The van der Waals surface area contributed by atoms with E-state index in [0.717, 1.165) is 12.0 Å². The van der Waals surface area contributed by atoms with Crippen LogP contribution in [-0.2, 0) is 13.0 Å². The molecule has 0 aliphatic rings. The molecule has 0 saturated heterocycles. The molecule has 0 bridgehead atoms. The molecule has 0 aliphatic carbocycles. The fourth-order valence-electron chi connectivity index (χ4n) is 1.79. The molecule has 4 heteroatoms. The van der Waals surface area contributed by atoms with Crippen LogP contribution in [0.5, 0.6) is 0 Å². The molecule has 1 heterocycles. The summed E-state index contributed by atoms with van der Waals surface area (Å²) < 4.78 is 0. The Morgan fingerprint density at radius 1 is 1.26 bits per heavy atom. The number of nitrogens with one attached hydrogen (secondary N) is 1. The van der Waals surface area contributed by atoms with Crippen molar-refractivity contribution in [2.75, 3.05) is 11.1 Å². The third kappa shape index (κ3) is 3.23. The lowest BCUT2D eigenvalue weighted by molar-refractivity contribution is 1.09. The Balaban J connectivity index is 2.08. The second-order valence-corrected chi connectivity index (χ2v) is 4.30. The Bertz CT molecular complexity index is 597. The van der Waals surface area contributed by atoms with Crippen LogP contribution in [0.2, 0.25) is 0 Å². The molecule has 0 spiro atoms. The third-order valence-electron chi connectivity index (χ3n) is 2.92. The summed E-state index contributed by atoms with van der Waals surface area (Å²) in [4.78, 5) is 4.14. The number of hydrogen-bond donors (Lipinski definition) is 2. The SMILES string of the molecule is CCc1ccc(CNc2ncc(N)cc2C#N)cc1. The van der Waals surface area contributed by atoms with E-state index in [-0.39, 0.29) is 0 Å². The molecule has 2 rings (SSSR count). The van der Waals surface area contributed by atoms with Crippen molar-refractivity contribution in [2.24, 2.45) is 0 Å². The first kappa shape index (κ1) is 12.9. The van der Waals surface area contributed by atoms with E-state index in [2.05, 4.69) is 47.6 Å². The number of nitrogens with two attached hydrogens (primary N) is 1. The van der Waals surface area contributed by atoms with Gasteiger partial charge in [-0.2, -0.15) is 5.26 Å². The zero-order valence-corrected chi connectivity index (χ0v) is 10.9. The van der Waals surface area contributed by atoms with Crippen LogP contribution in [0.25, 0.3) is 0 Å². The molecule has 1 aromatic heterocycles. The summed E-state index contributed by atoms with van der Waals surface area (Å²) in [5.74, 6) is 0.566. The maximum atomic E-state index is 9.02. The quantitative estimate of drug-likeness (QED) is 0.877. The average Bonchev–Trinajstić information content (AvgIpc) is 2.46. The van der Waals surface area contributed by atoms with E-state index < -0.39 is 0 Å². The molecule has 0 aliphatic heterocycles. The van der Waals surface area contributed by atoms with Gasteiger partial charge in [-0.3, -0.25) is 0 Å². The third-order valence-corrected chi connectivity index (χ3v) is 2.92. The summed E-state index contributed by atoms with van der Waals surface area (Å²) in [6, 6.07) is 12.1. The van der Waals surface area contributed by atoms with E-state index in [9.17, 15) is 0 Å². The van der Waals surface area contributed by atoms with E-state index in [1.54, 1.807) is 12.3 Å². The molecular formula is C15H16N4. The van der Waals surface area contributed by atoms with Crippen molar-refractivity contribution in [3.8, 4) is 6.07 Å². The van der Waals surface area contributed by atoms with Crippen LogP contribution in [0, 0.1) is 11.3 Å². The topological polar surface area (TPSA) is 74.7 Å². The van der Waals surface area contributed by atoms with Gasteiger partial charge in [0.05, 0.1) is 17.4 Å². The molecule has 0 radical (unpaired) electrons. The summed E-state index contributed by atoms with van der Waals surface area (Å²) in [6.45, 7) is 2.76. The average molecular weight is 252 g/mol. The van der Waals surface area contributed by atoms with Crippen molar-refractivity contribution in [1.29, 1.82) is 5.26 Å². The van der Waals surface area contributed by atoms with Crippen LogP contribution < -0.4 is 11.1 Å². The van der Waals surface area contributed by atoms with E-state index in [0.29, 0.717) is 23.6 Å². The second-order valence-electron chi connectivity index (χ2n) is 4.30. The Kier molecular flexibility index (Phi) is 3.99. The van der Waals surface area contributed by atoms with Crippen molar-refractivity contribution < 1.29 is 0 Å². The maximum absolute atomic E-state index is 9.02. The fraction of sp³-hybridized carbons (Fsp3) is 0.200. The van der Waals surface area contributed by atoms with Gasteiger partial charge in [0.1, 0.15) is 11.9 Å². The summed E-state index contributed by atoms with van der Waals surface area (Å²) in [5, 5.41) is 12.2. The number of aryl methyl sites for hydroxylation is 1. The Labute approximate surface area is 112 Å². The molecule has 4 nitrogen and oxygen atoms in total. The monoisotopic (exact) mass is 252 g/mol. The van der Waals surface area contributed by atoms with Crippen LogP contribution >= 0.6 is 0 Å². The first-order valence-corrected chi connectivity index (χ1v) is 6.20. The van der Waals surface area contributed by atoms with Gasteiger partial charge >= 0.3 is 0 Å². The van der Waals surface area contributed by atoms with Crippen LogP contribution in [0.4, 0.5) is 11.5 Å². The number of aromatic nitrogens is 1. The lowest BCUT2D eigenvalue weighted by Crippen LogP contribution is -2.04. The van der Waals surface area contributed by atoms with Gasteiger partial charge in [-0.05, 0) is 23.6 Å². The van der Waals surface area contributed by atoms with Crippen molar-refractivity contribution in [2.45, 2.75) is 19.9 Å². The smallest absolute Gasteiger partial charge is 0.144 e. The Morgan fingerprint density at radius 3 is 2.58 bits per heavy atom. The predicted octanol–water partition coefficient (Wildman–Crippen LogP) is 2.71. The van der Waals surface area contributed by atoms with Crippen molar-refractivity contribution in [1.82, 2.24) is 4.98 Å². The van der Waals surface area contributed by atoms with E-state index in [1.807, 2.05) is 0 Å². The van der Waals surface area contributed by atoms with Crippen molar-refractivity contribution >= 4 is 11.5 Å². The normalized spacial score (nSPS) is 9.89. The second kappa shape index (κ2) is 5.87. The number of nitrogens with zero attached hydrogens (tertiary/aromatic N) is 2. The molecule has 19 heavy (non-hydrogen) atoms. The van der Waals surface area contributed by atoms with Gasteiger partial charge in [0.2, 0.25) is 0 Å². The van der Waals surface area contributed by atoms with Gasteiger partial charge in [0.15, 0.2) is 0 Å². The summed E-state index contributed by atoms with van der Waals surface area (Å²) in [7, 11) is 0. The van der Waals surface area contributed by atoms with Crippen LogP contribution in [0.15, 0.2) is 36.5 Å². The summed E-state index contributed by atoms with van der Waals surface area (Å²) >= 11 is 0. The number of anilines is 2. The molecule has 0 fully saturated rings. The first-order chi connectivity index (χ1) is 9.22. The molecule has 0 unspecified atom stereocenters. The zero-order chi connectivity index (χ0) is 13.7. The highest BCUT2D eigenvalue weighted by atomic mass is 15.0. The predicted molar refractivity (Wildman–Crippen MR) is 76.5 cm³/mol. The van der Waals surface area contributed by atoms with Crippen molar-refractivity contribution in [3.05, 3.63) is 53.2 Å². The Hall–Kier alpha value is -2.54. The van der Waals surface area contributed by atoms with Gasteiger partial charge in [0.25, 0.3) is 0 Å². The largest absolute Gasteiger partial charge is 0.397 e. The molecule has 1 aromatic carbocycles.